The normalized spacial score (nSPS) is 17.3. The van der Waals surface area contributed by atoms with Crippen LogP contribution in [-0.4, -0.2) is 48.2 Å². The molecule has 0 unspecified atom stereocenters. The van der Waals surface area contributed by atoms with E-state index in [2.05, 4.69) is 30.4 Å². The molecule has 0 spiro atoms. The van der Waals surface area contributed by atoms with E-state index in [1.807, 2.05) is 36.5 Å². The molecule has 2 aromatic heterocycles. The summed E-state index contributed by atoms with van der Waals surface area (Å²) >= 11 is 0. The molecule has 0 aromatic carbocycles. The standard InChI is InChI=1S/C18H22N6O/c25-18(21-14-4-5-14)22-15-6-7-17(20-13-15)24-11-9-23(10-12-24)16-3-1-2-8-19-16/h1-3,6-8,13-14H,4-5,9-12H2,(H2,21,22,25). The van der Waals surface area contributed by atoms with E-state index in [1.165, 1.54) is 0 Å². The number of hydrogen-bond donors (Lipinski definition) is 2. The van der Waals surface area contributed by atoms with Crippen molar-refractivity contribution in [2.75, 3.05) is 41.3 Å². The zero-order chi connectivity index (χ0) is 17.1. The van der Waals surface area contributed by atoms with E-state index in [0.29, 0.717) is 11.7 Å². The van der Waals surface area contributed by atoms with E-state index in [0.717, 1.165) is 50.7 Å². The third-order valence-electron chi connectivity index (χ3n) is 4.50. The smallest absolute Gasteiger partial charge is 0.319 e. The van der Waals surface area contributed by atoms with Crippen molar-refractivity contribution in [3.8, 4) is 0 Å². The van der Waals surface area contributed by atoms with Crippen molar-refractivity contribution in [3.63, 3.8) is 0 Å². The van der Waals surface area contributed by atoms with Crippen molar-refractivity contribution in [1.29, 1.82) is 0 Å². The molecule has 7 heteroatoms. The molecule has 7 nitrogen and oxygen atoms in total. The molecule has 1 aliphatic heterocycles. The van der Waals surface area contributed by atoms with Crippen LogP contribution in [0, 0.1) is 0 Å². The van der Waals surface area contributed by atoms with E-state index in [4.69, 9.17) is 0 Å². The summed E-state index contributed by atoms with van der Waals surface area (Å²) in [7, 11) is 0. The molecule has 1 saturated heterocycles. The first-order chi connectivity index (χ1) is 12.3. The number of nitrogens with one attached hydrogen (secondary N) is 2. The first-order valence-electron chi connectivity index (χ1n) is 8.72. The topological polar surface area (TPSA) is 73.4 Å². The van der Waals surface area contributed by atoms with Gasteiger partial charge in [-0.2, -0.15) is 0 Å². The summed E-state index contributed by atoms with van der Waals surface area (Å²) in [6.45, 7) is 3.64. The number of pyridine rings is 2. The monoisotopic (exact) mass is 338 g/mol. The predicted octanol–water partition coefficient (Wildman–Crippen LogP) is 2.09. The Labute approximate surface area is 147 Å². The largest absolute Gasteiger partial charge is 0.353 e. The number of rotatable bonds is 4. The van der Waals surface area contributed by atoms with Crippen LogP contribution in [0.25, 0.3) is 0 Å². The Hall–Kier alpha value is -2.83. The van der Waals surface area contributed by atoms with Crippen molar-refractivity contribution in [3.05, 3.63) is 42.7 Å². The maximum Gasteiger partial charge on any atom is 0.319 e. The summed E-state index contributed by atoms with van der Waals surface area (Å²) in [4.78, 5) is 25.2. The summed E-state index contributed by atoms with van der Waals surface area (Å²) in [5.41, 5.74) is 0.717. The van der Waals surface area contributed by atoms with Crippen LogP contribution in [0.3, 0.4) is 0 Å². The molecule has 1 saturated carbocycles. The zero-order valence-corrected chi connectivity index (χ0v) is 14.1. The summed E-state index contributed by atoms with van der Waals surface area (Å²) in [6, 6.07) is 10.1. The Morgan fingerprint density at radius 3 is 2.24 bits per heavy atom. The highest BCUT2D eigenvalue weighted by molar-refractivity contribution is 5.89. The van der Waals surface area contributed by atoms with Gasteiger partial charge in [-0.25, -0.2) is 14.8 Å². The second-order valence-corrected chi connectivity index (χ2v) is 6.44. The number of hydrogen-bond acceptors (Lipinski definition) is 5. The van der Waals surface area contributed by atoms with Gasteiger partial charge in [-0.3, -0.25) is 0 Å². The highest BCUT2D eigenvalue weighted by Crippen LogP contribution is 2.20. The van der Waals surface area contributed by atoms with Crippen molar-refractivity contribution in [2.45, 2.75) is 18.9 Å². The number of urea groups is 1. The maximum absolute atomic E-state index is 11.7. The number of aromatic nitrogens is 2. The van der Waals surface area contributed by atoms with Gasteiger partial charge in [0.25, 0.3) is 0 Å². The van der Waals surface area contributed by atoms with E-state index < -0.39 is 0 Å². The number of carbonyl (C=O) groups excluding carboxylic acids is 1. The van der Waals surface area contributed by atoms with E-state index in [-0.39, 0.29) is 6.03 Å². The molecule has 4 rings (SSSR count). The molecule has 2 aromatic rings. The molecule has 2 N–H and O–H groups in total. The fourth-order valence-corrected chi connectivity index (χ4v) is 2.93. The average molecular weight is 338 g/mol. The summed E-state index contributed by atoms with van der Waals surface area (Å²) < 4.78 is 0. The van der Waals surface area contributed by atoms with Gasteiger partial charge in [0.2, 0.25) is 0 Å². The molecular weight excluding hydrogens is 316 g/mol. The Kier molecular flexibility index (Phi) is 4.37. The number of nitrogens with zero attached hydrogens (tertiary/aromatic N) is 4. The van der Waals surface area contributed by atoms with Gasteiger partial charge in [0.15, 0.2) is 0 Å². The number of anilines is 3. The van der Waals surface area contributed by atoms with Gasteiger partial charge in [0.1, 0.15) is 11.6 Å². The van der Waals surface area contributed by atoms with E-state index in [1.54, 1.807) is 6.20 Å². The van der Waals surface area contributed by atoms with Gasteiger partial charge in [0.05, 0.1) is 11.9 Å². The molecule has 1 aliphatic carbocycles. The Bertz CT molecular complexity index is 708. The van der Waals surface area contributed by atoms with E-state index in [9.17, 15) is 4.79 Å². The highest BCUT2D eigenvalue weighted by atomic mass is 16.2. The molecule has 0 radical (unpaired) electrons. The fraction of sp³-hybridized carbons (Fsp3) is 0.389. The van der Waals surface area contributed by atoms with Gasteiger partial charge >= 0.3 is 6.03 Å². The van der Waals surface area contributed by atoms with Crippen LogP contribution in [-0.2, 0) is 0 Å². The van der Waals surface area contributed by atoms with Gasteiger partial charge < -0.3 is 20.4 Å². The van der Waals surface area contributed by atoms with Crippen molar-refractivity contribution < 1.29 is 4.79 Å². The zero-order valence-electron chi connectivity index (χ0n) is 14.1. The van der Waals surface area contributed by atoms with Gasteiger partial charge in [0, 0.05) is 38.4 Å². The van der Waals surface area contributed by atoms with Gasteiger partial charge in [-0.05, 0) is 37.1 Å². The van der Waals surface area contributed by atoms with Crippen molar-refractivity contribution in [1.82, 2.24) is 15.3 Å². The minimum Gasteiger partial charge on any atom is -0.353 e. The molecule has 3 heterocycles. The Morgan fingerprint density at radius 2 is 1.68 bits per heavy atom. The van der Waals surface area contributed by atoms with Gasteiger partial charge in [-0.1, -0.05) is 6.07 Å². The predicted molar refractivity (Wildman–Crippen MR) is 98.1 cm³/mol. The Balaban J connectivity index is 1.31. The van der Waals surface area contributed by atoms with Crippen LogP contribution in [0.4, 0.5) is 22.1 Å². The quantitative estimate of drug-likeness (QED) is 0.893. The molecule has 2 amide bonds. The van der Waals surface area contributed by atoms with Crippen LogP contribution in [0.5, 0.6) is 0 Å². The van der Waals surface area contributed by atoms with Crippen LogP contribution in [0.2, 0.25) is 0 Å². The number of piperazine rings is 1. The molecule has 2 aliphatic rings. The first-order valence-corrected chi connectivity index (χ1v) is 8.72. The van der Waals surface area contributed by atoms with E-state index >= 15 is 0 Å². The lowest BCUT2D eigenvalue weighted by molar-refractivity contribution is 0.251. The minimum atomic E-state index is -0.152. The fourth-order valence-electron chi connectivity index (χ4n) is 2.93. The minimum absolute atomic E-state index is 0.152. The van der Waals surface area contributed by atoms with Crippen LogP contribution < -0.4 is 20.4 Å². The lowest BCUT2D eigenvalue weighted by atomic mass is 10.3. The Morgan fingerprint density at radius 1 is 0.960 bits per heavy atom. The molecule has 0 bridgehead atoms. The molecular formula is C18H22N6O. The molecule has 0 atom stereocenters. The number of amides is 2. The second kappa shape index (κ2) is 6.96. The van der Waals surface area contributed by atoms with Crippen molar-refractivity contribution in [2.24, 2.45) is 0 Å². The first kappa shape index (κ1) is 15.7. The summed E-state index contributed by atoms with van der Waals surface area (Å²) in [6.07, 6.45) is 5.70. The SMILES string of the molecule is O=C(Nc1ccc(N2CCN(c3ccccn3)CC2)nc1)NC1CC1. The molecule has 25 heavy (non-hydrogen) atoms. The highest BCUT2D eigenvalue weighted by Gasteiger charge is 2.23. The lowest BCUT2D eigenvalue weighted by Crippen LogP contribution is -2.47. The summed E-state index contributed by atoms with van der Waals surface area (Å²) in [5.74, 6) is 1.96. The summed E-state index contributed by atoms with van der Waals surface area (Å²) in [5, 5.41) is 5.73. The van der Waals surface area contributed by atoms with Gasteiger partial charge in [-0.15, -0.1) is 0 Å². The van der Waals surface area contributed by atoms with Crippen molar-refractivity contribution >= 4 is 23.4 Å². The number of carbonyl (C=O) groups is 1. The molecule has 2 fully saturated rings. The third-order valence-corrected chi connectivity index (χ3v) is 4.50. The van der Waals surface area contributed by atoms with Crippen LogP contribution >= 0.6 is 0 Å². The second-order valence-electron chi connectivity index (χ2n) is 6.44. The molecule has 130 valence electrons. The van der Waals surface area contributed by atoms with Crippen LogP contribution in [0.15, 0.2) is 42.7 Å². The lowest BCUT2D eigenvalue weighted by Gasteiger charge is -2.36. The maximum atomic E-state index is 11.7. The average Bonchev–Trinajstić information content (AvgIpc) is 3.47. The van der Waals surface area contributed by atoms with Crippen LogP contribution in [0.1, 0.15) is 12.8 Å². The third kappa shape index (κ3) is 3.99.